The van der Waals surface area contributed by atoms with E-state index in [1.807, 2.05) is 0 Å². The maximum absolute atomic E-state index is 10.2. The molecule has 4 heteroatoms. The van der Waals surface area contributed by atoms with Gasteiger partial charge in [0, 0.05) is 6.20 Å². The van der Waals surface area contributed by atoms with Crippen LogP contribution < -0.4 is 5.73 Å². The van der Waals surface area contributed by atoms with Crippen LogP contribution in [0.2, 0.25) is 0 Å². The van der Waals surface area contributed by atoms with Crippen LogP contribution >= 0.6 is 0 Å². The predicted molar refractivity (Wildman–Crippen MR) is 32.2 cm³/mol. The van der Waals surface area contributed by atoms with Crippen molar-refractivity contribution >= 4 is 11.7 Å². The molecule has 1 aromatic rings. The maximum Gasteiger partial charge on any atom is 0.354 e. The Balaban J connectivity index is 3.08. The summed E-state index contributed by atoms with van der Waals surface area (Å²) in [5, 5.41) is 8.34. The average molecular weight is 126 g/mol. The largest absolute Gasteiger partial charge is 0.477 e. The van der Waals surface area contributed by atoms with Gasteiger partial charge in [-0.15, -0.1) is 0 Å². The third-order valence-electron chi connectivity index (χ3n) is 0.993. The number of aromatic carboxylic acids is 1. The highest BCUT2D eigenvalue weighted by Crippen LogP contribution is 2.06. The predicted octanol–water partition coefficient (Wildman–Crippen LogP) is 0.295. The molecule has 0 saturated carbocycles. The van der Waals surface area contributed by atoms with Crippen LogP contribution in [-0.2, 0) is 0 Å². The van der Waals surface area contributed by atoms with Crippen LogP contribution in [0.4, 0.5) is 5.69 Å². The molecule has 0 aliphatic heterocycles. The molecule has 0 saturated heterocycles. The number of aromatic amines is 1. The zero-order valence-electron chi connectivity index (χ0n) is 4.59. The molecular formula is C5H6N2O2. The number of H-pyrrole nitrogens is 1. The Morgan fingerprint density at radius 1 is 1.78 bits per heavy atom. The van der Waals surface area contributed by atoms with Crippen LogP contribution in [0.5, 0.6) is 0 Å². The van der Waals surface area contributed by atoms with Gasteiger partial charge >= 0.3 is 5.97 Å². The van der Waals surface area contributed by atoms with Gasteiger partial charge in [-0.3, -0.25) is 0 Å². The van der Waals surface area contributed by atoms with Crippen molar-refractivity contribution in [2.24, 2.45) is 0 Å². The Kier molecular flexibility index (Phi) is 1.14. The monoisotopic (exact) mass is 126 g/mol. The second kappa shape index (κ2) is 1.81. The van der Waals surface area contributed by atoms with Crippen LogP contribution in [0.15, 0.2) is 12.3 Å². The highest BCUT2D eigenvalue weighted by molar-refractivity contribution is 5.91. The summed E-state index contributed by atoms with van der Waals surface area (Å²) in [6.45, 7) is 0. The SMILES string of the molecule is Nc1cc[nH]c1C(=O)O. The lowest BCUT2D eigenvalue weighted by Gasteiger charge is -1.87. The van der Waals surface area contributed by atoms with E-state index < -0.39 is 5.97 Å². The standard InChI is InChI=1S/C5H6N2O2/c6-3-1-2-7-4(3)5(8)9/h1-2,7H,6H2,(H,8,9). The van der Waals surface area contributed by atoms with Crippen molar-refractivity contribution in [1.82, 2.24) is 4.98 Å². The van der Waals surface area contributed by atoms with Crippen LogP contribution in [-0.4, -0.2) is 16.1 Å². The van der Waals surface area contributed by atoms with E-state index in [4.69, 9.17) is 10.8 Å². The zero-order chi connectivity index (χ0) is 6.85. The summed E-state index contributed by atoms with van der Waals surface area (Å²) >= 11 is 0. The van der Waals surface area contributed by atoms with Crippen molar-refractivity contribution < 1.29 is 9.90 Å². The fourth-order valence-electron chi connectivity index (χ4n) is 0.567. The van der Waals surface area contributed by atoms with Crippen LogP contribution in [0.25, 0.3) is 0 Å². The fourth-order valence-corrected chi connectivity index (χ4v) is 0.567. The minimum atomic E-state index is -1.03. The molecule has 1 heterocycles. The van der Waals surface area contributed by atoms with Crippen LogP contribution in [0.1, 0.15) is 10.5 Å². The van der Waals surface area contributed by atoms with Crippen LogP contribution in [0, 0.1) is 0 Å². The van der Waals surface area contributed by atoms with E-state index >= 15 is 0 Å². The number of carboxylic acids is 1. The highest BCUT2D eigenvalue weighted by atomic mass is 16.4. The van der Waals surface area contributed by atoms with E-state index in [0.29, 0.717) is 0 Å². The van der Waals surface area contributed by atoms with Crippen molar-refractivity contribution in [2.45, 2.75) is 0 Å². The van der Waals surface area contributed by atoms with Gasteiger partial charge in [-0.1, -0.05) is 0 Å². The van der Waals surface area contributed by atoms with Gasteiger partial charge < -0.3 is 15.8 Å². The van der Waals surface area contributed by atoms with Crippen molar-refractivity contribution in [3.05, 3.63) is 18.0 Å². The number of nitrogens with two attached hydrogens (primary N) is 1. The molecule has 4 nitrogen and oxygen atoms in total. The second-order valence-electron chi connectivity index (χ2n) is 1.61. The molecule has 1 aromatic heterocycles. The van der Waals surface area contributed by atoms with Gasteiger partial charge in [-0.25, -0.2) is 4.79 Å². The molecule has 0 aliphatic carbocycles. The molecule has 4 N–H and O–H groups in total. The number of carboxylic acid groups (broad SMARTS) is 1. The first-order valence-corrected chi connectivity index (χ1v) is 2.38. The van der Waals surface area contributed by atoms with Crippen molar-refractivity contribution in [3.8, 4) is 0 Å². The first kappa shape index (κ1) is 5.68. The highest BCUT2D eigenvalue weighted by Gasteiger charge is 2.06. The average Bonchev–Trinajstić information content (AvgIpc) is 2.13. The van der Waals surface area contributed by atoms with E-state index in [0.717, 1.165) is 0 Å². The summed E-state index contributed by atoms with van der Waals surface area (Å²) in [4.78, 5) is 12.7. The minimum Gasteiger partial charge on any atom is -0.477 e. The topological polar surface area (TPSA) is 79.1 Å². The fraction of sp³-hybridized carbons (Fsp3) is 0. The molecule has 0 unspecified atom stereocenters. The third kappa shape index (κ3) is 0.861. The Labute approximate surface area is 51.3 Å². The summed E-state index contributed by atoms with van der Waals surface area (Å²) in [6.07, 6.45) is 1.48. The molecule has 0 aliphatic rings. The molecule has 0 atom stereocenters. The summed E-state index contributed by atoms with van der Waals surface area (Å²) < 4.78 is 0. The minimum absolute atomic E-state index is 0.0509. The first-order valence-electron chi connectivity index (χ1n) is 2.38. The molecule has 9 heavy (non-hydrogen) atoms. The molecule has 0 amide bonds. The summed E-state index contributed by atoms with van der Waals surface area (Å²) in [6, 6.07) is 1.50. The Morgan fingerprint density at radius 2 is 2.44 bits per heavy atom. The van der Waals surface area contributed by atoms with E-state index in [-0.39, 0.29) is 11.4 Å². The van der Waals surface area contributed by atoms with Crippen molar-refractivity contribution in [2.75, 3.05) is 5.73 Å². The van der Waals surface area contributed by atoms with Crippen LogP contribution in [0.3, 0.4) is 0 Å². The number of anilines is 1. The molecule has 0 fully saturated rings. The van der Waals surface area contributed by atoms with Gasteiger partial charge in [0.1, 0.15) is 5.69 Å². The Morgan fingerprint density at radius 3 is 2.67 bits per heavy atom. The smallest absolute Gasteiger partial charge is 0.354 e. The van der Waals surface area contributed by atoms with Gasteiger partial charge in [0.05, 0.1) is 5.69 Å². The van der Waals surface area contributed by atoms with E-state index in [2.05, 4.69) is 4.98 Å². The van der Waals surface area contributed by atoms with Gasteiger partial charge in [-0.2, -0.15) is 0 Å². The first-order chi connectivity index (χ1) is 4.22. The van der Waals surface area contributed by atoms with Gasteiger partial charge in [0.15, 0.2) is 0 Å². The lowest BCUT2D eigenvalue weighted by Crippen LogP contribution is -2.00. The summed E-state index contributed by atoms with van der Waals surface area (Å²) in [5.41, 5.74) is 5.55. The van der Waals surface area contributed by atoms with E-state index in [1.54, 1.807) is 0 Å². The number of hydrogen-bond acceptors (Lipinski definition) is 2. The van der Waals surface area contributed by atoms with Gasteiger partial charge in [-0.05, 0) is 6.07 Å². The number of nitrogens with one attached hydrogen (secondary N) is 1. The lowest BCUT2D eigenvalue weighted by molar-refractivity contribution is 0.0692. The maximum atomic E-state index is 10.2. The van der Waals surface area contributed by atoms with Gasteiger partial charge in [0.25, 0.3) is 0 Å². The lowest BCUT2D eigenvalue weighted by atomic mass is 10.4. The number of aromatic nitrogens is 1. The number of nitrogen functional groups attached to an aromatic ring is 1. The molecule has 0 bridgehead atoms. The third-order valence-corrected chi connectivity index (χ3v) is 0.993. The van der Waals surface area contributed by atoms with Crippen molar-refractivity contribution in [1.29, 1.82) is 0 Å². The summed E-state index contributed by atoms with van der Waals surface area (Å²) in [5.74, 6) is -1.03. The van der Waals surface area contributed by atoms with Gasteiger partial charge in [0.2, 0.25) is 0 Å². The van der Waals surface area contributed by atoms with E-state index in [9.17, 15) is 4.79 Å². The molecule has 0 aromatic carbocycles. The number of carbonyl (C=O) groups is 1. The molecular weight excluding hydrogens is 120 g/mol. The molecule has 0 radical (unpaired) electrons. The molecule has 48 valence electrons. The molecule has 0 spiro atoms. The van der Waals surface area contributed by atoms with Crippen molar-refractivity contribution in [3.63, 3.8) is 0 Å². The number of rotatable bonds is 1. The second-order valence-corrected chi connectivity index (χ2v) is 1.61. The summed E-state index contributed by atoms with van der Waals surface area (Å²) in [7, 11) is 0. The normalized spacial score (nSPS) is 9.33. The molecule has 1 rings (SSSR count). The number of hydrogen-bond donors (Lipinski definition) is 3. The quantitative estimate of drug-likeness (QED) is 0.506. The Bertz CT molecular complexity index is 229. The zero-order valence-corrected chi connectivity index (χ0v) is 4.59. The Hall–Kier alpha value is -1.45. The van der Waals surface area contributed by atoms with E-state index in [1.165, 1.54) is 12.3 Å².